The van der Waals surface area contributed by atoms with Gasteiger partial charge in [0.2, 0.25) is 11.2 Å². The number of carbonyl (C=O) groups is 1. The standard InChI is InChI=1S/C22H35ClN4O3/c1-8-29-20(30-9-2)16-10-15-12-25-21(23)26-19(15)27(16)17(14(3)4)13-24-18(28)11-22(5,6)7/h10,12,14,17,20H,8-9,11,13H2,1-7H3,(H,24,28). The maximum Gasteiger partial charge on any atom is 0.224 e. The van der Waals surface area contributed by atoms with Crippen molar-refractivity contribution in [1.82, 2.24) is 19.9 Å². The topological polar surface area (TPSA) is 78.3 Å². The van der Waals surface area contributed by atoms with Gasteiger partial charge in [0.15, 0.2) is 6.29 Å². The van der Waals surface area contributed by atoms with E-state index in [0.717, 1.165) is 11.1 Å². The van der Waals surface area contributed by atoms with Crippen molar-refractivity contribution in [1.29, 1.82) is 0 Å². The number of ether oxygens (including phenoxy) is 2. The van der Waals surface area contributed by atoms with E-state index in [4.69, 9.17) is 21.1 Å². The van der Waals surface area contributed by atoms with Crippen molar-refractivity contribution in [3.05, 3.63) is 23.2 Å². The maximum absolute atomic E-state index is 12.5. The molecule has 1 N–H and O–H groups in total. The van der Waals surface area contributed by atoms with Crippen LogP contribution >= 0.6 is 11.6 Å². The molecule has 0 aliphatic carbocycles. The molecular formula is C22H35ClN4O3. The SMILES string of the molecule is CCOC(OCC)c1cc2cnc(Cl)nc2n1C(CNC(=O)CC(C)(C)C)C(C)C. The molecule has 0 aliphatic rings. The summed E-state index contributed by atoms with van der Waals surface area (Å²) in [6, 6.07) is 1.92. The third-order valence-corrected chi connectivity index (χ3v) is 4.94. The molecule has 1 unspecified atom stereocenters. The summed E-state index contributed by atoms with van der Waals surface area (Å²) >= 11 is 6.12. The van der Waals surface area contributed by atoms with Crippen LogP contribution in [0.15, 0.2) is 12.3 Å². The lowest BCUT2D eigenvalue weighted by Gasteiger charge is -2.29. The Morgan fingerprint density at radius 3 is 2.40 bits per heavy atom. The van der Waals surface area contributed by atoms with Gasteiger partial charge in [-0.2, -0.15) is 4.98 Å². The van der Waals surface area contributed by atoms with E-state index in [-0.39, 0.29) is 28.6 Å². The average molecular weight is 439 g/mol. The first-order chi connectivity index (χ1) is 14.1. The molecule has 0 spiro atoms. The van der Waals surface area contributed by atoms with Gasteiger partial charge in [-0.25, -0.2) is 4.98 Å². The van der Waals surface area contributed by atoms with Crippen LogP contribution in [0.25, 0.3) is 11.0 Å². The van der Waals surface area contributed by atoms with Crippen LogP contribution in [0.5, 0.6) is 0 Å². The second-order valence-electron chi connectivity index (χ2n) is 8.95. The fourth-order valence-corrected chi connectivity index (χ4v) is 3.58. The number of aromatic nitrogens is 3. The molecular weight excluding hydrogens is 404 g/mol. The number of nitrogens with zero attached hydrogens (tertiary/aromatic N) is 3. The number of hydrogen-bond acceptors (Lipinski definition) is 5. The van der Waals surface area contributed by atoms with E-state index >= 15 is 0 Å². The minimum atomic E-state index is -0.542. The van der Waals surface area contributed by atoms with Crippen molar-refractivity contribution in [3.8, 4) is 0 Å². The lowest BCUT2D eigenvalue weighted by molar-refractivity contribution is -0.144. The van der Waals surface area contributed by atoms with Crippen LogP contribution in [0, 0.1) is 11.3 Å². The highest BCUT2D eigenvalue weighted by atomic mass is 35.5. The summed E-state index contributed by atoms with van der Waals surface area (Å²) in [5, 5.41) is 4.13. The minimum absolute atomic E-state index is 0.0324. The summed E-state index contributed by atoms with van der Waals surface area (Å²) in [6.07, 6.45) is 1.63. The van der Waals surface area contributed by atoms with Gasteiger partial charge in [0.1, 0.15) is 5.65 Å². The molecule has 1 amide bonds. The summed E-state index contributed by atoms with van der Waals surface area (Å²) in [5.41, 5.74) is 1.48. The van der Waals surface area contributed by atoms with Gasteiger partial charge >= 0.3 is 0 Å². The van der Waals surface area contributed by atoms with E-state index in [0.29, 0.717) is 31.8 Å². The second kappa shape index (κ2) is 10.6. The summed E-state index contributed by atoms with van der Waals surface area (Å²) < 4.78 is 13.8. The van der Waals surface area contributed by atoms with Gasteiger partial charge in [0.05, 0.1) is 11.7 Å². The summed E-state index contributed by atoms with van der Waals surface area (Å²) in [7, 11) is 0. The molecule has 8 heteroatoms. The van der Waals surface area contributed by atoms with Crippen LogP contribution in [0.2, 0.25) is 5.28 Å². The number of hydrogen-bond donors (Lipinski definition) is 1. The fourth-order valence-electron chi connectivity index (χ4n) is 3.45. The monoisotopic (exact) mass is 438 g/mol. The molecule has 2 aromatic rings. The molecule has 168 valence electrons. The van der Waals surface area contributed by atoms with Gasteiger partial charge in [-0.05, 0) is 42.8 Å². The van der Waals surface area contributed by atoms with Gasteiger partial charge in [-0.15, -0.1) is 0 Å². The zero-order valence-electron chi connectivity index (χ0n) is 19.2. The lowest BCUT2D eigenvalue weighted by Crippen LogP contribution is -2.35. The van der Waals surface area contributed by atoms with Gasteiger partial charge in [-0.1, -0.05) is 34.6 Å². The predicted octanol–water partition coefficient (Wildman–Crippen LogP) is 4.91. The molecule has 1 atom stereocenters. The first kappa shape index (κ1) is 24.6. The molecule has 0 bridgehead atoms. The largest absolute Gasteiger partial charge is 0.354 e. The molecule has 2 rings (SSSR count). The molecule has 0 saturated heterocycles. The van der Waals surface area contributed by atoms with Crippen molar-refractivity contribution in [2.45, 2.75) is 67.2 Å². The predicted molar refractivity (Wildman–Crippen MR) is 119 cm³/mol. The number of fused-ring (bicyclic) bond motifs is 1. The lowest BCUT2D eigenvalue weighted by atomic mass is 9.92. The first-order valence-electron chi connectivity index (χ1n) is 10.6. The normalized spacial score (nSPS) is 13.4. The summed E-state index contributed by atoms with van der Waals surface area (Å²) in [6.45, 7) is 15.7. The molecule has 2 aromatic heterocycles. The quantitative estimate of drug-likeness (QED) is 0.421. The van der Waals surface area contributed by atoms with E-state index in [1.807, 2.05) is 19.9 Å². The highest BCUT2D eigenvalue weighted by Gasteiger charge is 2.28. The van der Waals surface area contributed by atoms with Crippen molar-refractivity contribution in [2.24, 2.45) is 11.3 Å². The minimum Gasteiger partial charge on any atom is -0.354 e. The summed E-state index contributed by atoms with van der Waals surface area (Å²) in [5.74, 6) is 0.247. The van der Waals surface area contributed by atoms with Crippen LogP contribution in [0.4, 0.5) is 0 Å². The Balaban J connectivity index is 2.48. The van der Waals surface area contributed by atoms with E-state index in [1.54, 1.807) is 6.20 Å². The van der Waals surface area contributed by atoms with Crippen molar-refractivity contribution in [3.63, 3.8) is 0 Å². The molecule has 30 heavy (non-hydrogen) atoms. The number of nitrogens with one attached hydrogen (secondary N) is 1. The first-order valence-corrected chi connectivity index (χ1v) is 11.0. The van der Waals surface area contributed by atoms with E-state index in [2.05, 4.69) is 54.5 Å². The van der Waals surface area contributed by atoms with Crippen molar-refractivity contribution < 1.29 is 14.3 Å². The number of amides is 1. The Morgan fingerprint density at radius 1 is 1.23 bits per heavy atom. The third kappa shape index (κ3) is 6.40. The Morgan fingerprint density at radius 2 is 1.87 bits per heavy atom. The van der Waals surface area contributed by atoms with Gasteiger partial charge in [-0.3, -0.25) is 4.79 Å². The number of carbonyl (C=O) groups excluding carboxylic acids is 1. The van der Waals surface area contributed by atoms with Crippen LogP contribution in [-0.4, -0.2) is 40.2 Å². The van der Waals surface area contributed by atoms with Crippen molar-refractivity contribution in [2.75, 3.05) is 19.8 Å². The molecule has 0 fully saturated rings. The zero-order valence-corrected chi connectivity index (χ0v) is 19.9. The maximum atomic E-state index is 12.5. The fraction of sp³-hybridized carbons (Fsp3) is 0.682. The smallest absolute Gasteiger partial charge is 0.224 e. The van der Waals surface area contributed by atoms with Gasteiger partial charge < -0.3 is 19.4 Å². The number of rotatable bonds is 10. The third-order valence-electron chi connectivity index (χ3n) is 4.75. The van der Waals surface area contributed by atoms with Crippen molar-refractivity contribution >= 4 is 28.5 Å². The highest BCUT2D eigenvalue weighted by molar-refractivity contribution is 6.28. The molecule has 2 heterocycles. The van der Waals surface area contributed by atoms with Crippen LogP contribution < -0.4 is 5.32 Å². The molecule has 0 aliphatic heterocycles. The van der Waals surface area contributed by atoms with Gasteiger partial charge in [0.25, 0.3) is 0 Å². The van der Waals surface area contributed by atoms with E-state index in [1.165, 1.54) is 0 Å². The molecule has 0 radical (unpaired) electrons. The van der Waals surface area contributed by atoms with E-state index in [9.17, 15) is 4.79 Å². The summed E-state index contributed by atoms with van der Waals surface area (Å²) in [4.78, 5) is 21.1. The number of halogens is 1. The van der Waals surface area contributed by atoms with E-state index < -0.39 is 6.29 Å². The van der Waals surface area contributed by atoms with Crippen LogP contribution in [-0.2, 0) is 14.3 Å². The Labute approximate surface area is 184 Å². The van der Waals surface area contributed by atoms with Crippen LogP contribution in [0.3, 0.4) is 0 Å². The Bertz CT molecular complexity index is 839. The molecule has 0 saturated carbocycles. The van der Waals surface area contributed by atoms with Crippen LogP contribution in [0.1, 0.15) is 72.9 Å². The Hall–Kier alpha value is -1.70. The second-order valence-corrected chi connectivity index (χ2v) is 9.29. The highest BCUT2D eigenvalue weighted by Crippen LogP contribution is 2.33. The average Bonchev–Trinajstić information content (AvgIpc) is 2.98. The molecule has 0 aromatic carbocycles. The van der Waals surface area contributed by atoms with Gasteiger partial charge in [0, 0.05) is 37.8 Å². The Kier molecular flexibility index (Phi) is 8.64. The molecule has 7 nitrogen and oxygen atoms in total. The zero-order chi connectivity index (χ0) is 22.5.